The van der Waals surface area contributed by atoms with Crippen molar-refractivity contribution < 1.29 is 27.2 Å². The Morgan fingerprint density at radius 2 is 1.59 bits per heavy atom. The number of fused-ring (bicyclic) bond motifs is 8. The van der Waals surface area contributed by atoms with Gasteiger partial charge < -0.3 is 4.84 Å². The Hall–Kier alpha value is -1.96. The van der Waals surface area contributed by atoms with Crippen molar-refractivity contribution in [1.82, 2.24) is 4.90 Å². The maximum absolute atomic E-state index is 14.2. The topological polar surface area (TPSA) is 41.9 Å². The fourth-order valence-electron chi connectivity index (χ4n) is 3.94. The maximum atomic E-state index is 14.2. The lowest BCUT2D eigenvalue weighted by molar-refractivity contribution is -0.111. The number of rotatable bonds is 1. The van der Waals surface area contributed by atoms with E-state index in [1.807, 2.05) is 0 Å². The quantitative estimate of drug-likeness (QED) is 0.453. The molecule has 0 aromatic heterocycles. The molecule has 1 aromatic carbocycles. The Bertz CT molecular complexity index is 764. The molecular formula is C14H10F4N2O2. The van der Waals surface area contributed by atoms with Crippen LogP contribution in [-0.2, 0) is 9.63 Å². The highest BCUT2D eigenvalue weighted by molar-refractivity contribution is 6.40. The number of nitrogens with zero attached hydrogens (tertiary/aromatic N) is 2. The van der Waals surface area contributed by atoms with Crippen molar-refractivity contribution in [2.24, 2.45) is 11.1 Å². The summed E-state index contributed by atoms with van der Waals surface area (Å²) in [6.07, 6.45) is -0.708. The molecular weight excluding hydrogens is 304 g/mol. The van der Waals surface area contributed by atoms with Gasteiger partial charge in [-0.05, 0) is 7.05 Å². The molecule has 4 atom stereocenters. The van der Waals surface area contributed by atoms with Crippen molar-refractivity contribution in [3.05, 3.63) is 34.4 Å². The molecule has 1 fully saturated rings. The van der Waals surface area contributed by atoms with E-state index in [0.29, 0.717) is 0 Å². The molecule has 4 nitrogen and oxygen atoms in total. The standard InChI is InChI=1S/C14H10F4N2O2/c1-3(21)11-6-12-4-5(8(16)10(18)9(17)7(4)15)13(20(12)2)14(6)22-19-11/h6,12-14H,1-2H3/t6-,12-,13+,14-/m0/s1. The highest BCUT2D eigenvalue weighted by Gasteiger charge is 2.63. The Balaban J connectivity index is 1.97. The second-order valence-corrected chi connectivity index (χ2v) is 5.77. The van der Waals surface area contributed by atoms with Crippen molar-refractivity contribution in [3.8, 4) is 0 Å². The molecule has 3 aliphatic heterocycles. The van der Waals surface area contributed by atoms with E-state index in [-0.39, 0.29) is 22.6 Å². The van der Waals surface area contributed by atoms with Gasteiger partial charge >= 0.3 is 0 Å². The number of benzene rings is 1. The van der Waals surface area contributed by atoms with Crippen molar-refractivity contribution in [3.63, 3.8) is 0 Å². The first-order valence-electron chi connectivity index (χ1n) is 6.68. The van der Waals surface area contributed by atoms with E-state index in [2.05, 4.69) is 5.16 Å². The van der Waals surface area contributed by atoms with E-state index in [9.17, 15) is 22.4 Å². The predicted octanol–water partition coefficient (Wildman–Crippen LogP) is 2.24. The lowest BCUT2D eigenvalue weighted by Gasteiger charge is -2.24. The van der Waals surface area contributed by atoms with Crippen LogP contribution in [0.5, 0.6) is 0 Å². The average molecular weight is 314 g/mol. The molecule has 3 aliphatic rings. The second kappa shape index (κ2) is 4.07. The summed E-state index contributed by atoms with van der Waals surface area (Å²) in [6.45, 7) is 1.29. The molecule has 22 heavy (non-hydrogen) atoms. The average Bonchev–Trinajstić information content (AvgIpc) is 3.09. The number of halogens is 4. The Morgan fingerprint density at radius 3 is 2.14 bits per heavy atom. The lowest BCUT2D eigenvalue weighted by atomic mass is 9.78. The van der Waals surface area contributed by atoms with Gasteiger partial charge in [0, 0.05) is 18.1 Å². The molecule has 0 unspecified atom stereocenters. The molecule has 0 amide bonds. The Morgan fingerprint density at radius 1 is 1.05 bits per heavy atom. The molecule has 0 radical (unpaired) electrons. The van der Waals surface area contributed by atoms with Crippen LogP contribution >= 0.6 is 0 Å². The van der Waals surface area contributed by atoms with Crippen LogP contribution in [0.15, 0.2) is 5.16 Å². The van der Waals surface area contributed by atoms with E-state index in [0.717, 1.165) is 0 Å². The van der Waals surface area contributed by atoms with Gasteiger partial charge in [-0.1, -0.05) is 5.16 Å². The molecule has 1 saturated heterocycles. The normalized spacial score (nSPS) is 31.8. The zero-order valence-corrected chi connectivity index (χ0v) is 11.5. The minimum Gasteiger partial charge on any atom is -0.389 e. The Kier molecular flexibility index (Phi) is 2.53. The predicted molar refractivity (Wildman–Crippen MR) is 66.0 cm³/mol. The molecule has 3 heterocycles. The van der Waals surface area contributed by atoms with Gasteiger partial charge in [-0.15, -0.1) is 0 Å². The summed E-state index contributed by atoms with van der Waals surface area (Å²) in [7, 11) is 1.57. The summed E-state index contributed by atoms with van der Waals surface area (Å²) < 4.78 is 55.4. The zero-order valence-electron chi connectivity index (χ0n) is 11.5. The van der Waals surface area contributed by atoms with Gasteiger partial charge in [0.05, 0.1) is 18.0 Å². The SMILES string of the molecule is CC(=O)C1=NO[C@H]2[C@@H]1[C@@H]1c3c(F)c(F)c(F)c(F)c3[C@H]2N1C. The lowest BCUT2D eigenvalue weighted by Crippen LogP contribution is -2.33. The number of Topliss-reactive ketones (excluding diaryl/α,β-unsaturated/α-hetero) is 1. The van der Waals surface area contributed by atoms with Gasteiger partial charge in [0.2, 0.25) is 0 Å². The van der Waals surface area contributed by atoms with Crippen molar-refractivity contribution >= 4 is 11.5 Å². The monoisotopic (exact) mass is 314 g/mol. The third kappa shape index (κ3) is 1.32. The highest BCUT2D eigenvalue weighted by atomic mass is 19.2. The molecule has 0 spiro atoms. The first-order valence-corrected chi connectivity index (χ1v) is 6.68. The summed E-state index contributed by atoms with van der Waals surface area (Å²) in [5.41, 5.74) is -0.380. The van der Waals surface area contributed by atoms with Crippen LogP contribution < -0.4 is 0 Å². The summed E-state index contributed by atoms with van der Waals surface area (Å²) in [5, 5.41) is 3.69. The number of likely N-dealkylation sites (N-methyl/N-ethyl adjacent to an activating group) is 1. The number of hydrogen-bond acceptors (Lipinski definition) is 4. The molecule has 116 valence electrons. The highest BCUT2D eigenvalue weighted by Crippen LogP contribution is 2.60. The largest absolute Gasteiger partial charge is 0.389 e. The van der Waals surface area contributed by atoms with Gasteiger partial charge in [-0.25, -0.2) is 17.6 Å². The molecule has 0 saturated carbocycles. The maximum Gasteiger partial charge on any atom is 0.197 e. The zero-order chi connectivity index (χ0) is 15.9. The van der Waals surface area contributed by atoms with Crippen LogP contribution in [0.25, 0.3) is 0 Å². The molecule has 0 aliphatic carbocycles. The van der Waals surface area contributed by atoms with Crippen LogP contribution in [0.1, 0.15) is 30.1 Å². The smallest absolute Gasteiger partial charge is 0.197 e. The number of ketones is 1. The van der Waals surface area contributed by atoms with Gasteiger partial charge in [-0.3, -0.25) is 9.69 Å². The van der Waals surface area contributed by atoms with Crippen LogP contribution in [0.2, 0.25) is 0 Å². The minimum absolute atomic E-state index is 0.111. The van der Waals surface area contributed by atoms with E-state index in [1.165, 1.54) is 6.92 Å². The molecule has 1 aromatic rings. The summed E-state index contributed by atoms with van der Waals surface area (Å²) in [5.74, 6) is -7.46. The number of oxime groups is 1. The van der Waals surface area contributed by atoms with Crippen LogP contribution in [-0.4, -0.2) is 29.5 Å². The van der Waals surface area contributed by atoms with E-state index < -0.39 is 47.4 Å². The van der Waals surface area contributed by atoms with E-state index >= 15 is 0 Å². The molecule has 4 rings (SSSR count). The first kappa shape index (κ1) is 13.7. The van der Waals surface area contributed by atoms with Crippen molar-refractivity contribution in [2.75, 3.05) is 7.05 Å². The minimum atomic E-state index is -1.84. The van der Waals surface area contributed by atoms with E-state index in [4.69, 9.17) is 4.84 Å². The summed E-state index contributed by atoms with van der Waals surface area (Å²) >= 11 is 0. The van der Waals surface area contributed by atoms with Crippen molar-refractivity contribution in [1.29, 1.82) is 0 Å². The fourth-order valence-corrected chi connectivity index (χ4v) is 3.94. The summed E-state index contributed by atoms with van der Waals surface area (Å²) in [4.78, 5) is 18.4. The number of hydrogen-bond donors (Lipinski definition) is 0. The molecule has 2 bridgehead atoms. The van der Waals surface area contributed by atoms with Gasteiger partial charge in [0.15, 0.2) is 35.2 Å². The molecule has 0 N–H and O–H groups in total. The number of carbonyl (C=O) groups is 1. The van der Waals surface area contributed by atoms with Gasteiger partial charge in [0.1, 0.15) is 5.71 Å². The van der Waals surface area contributed by atoms with Gasteiger partial charge in [0.25, 0.3) is 0 Å². The van der Waals surface area contributed by atoms with Crippen molar-refractivity contribution in [2.45, 2.75) is 25.1 Å². The summed E-state index contributed by atoms with van der Waals surface area (Å²) in [6, 6.07) is -1.62. The van der Waals surface area contributed by atoms with Crippen LogP contribution in [0, 0.1) is 29.2 Å². The Labute approximate surface area is 122 Å². The third-order valence-corrected chi connectivity index (χ3v) is 4.76. The first-order chi connectivity index (χ1) is 10.4. The fraction of sp³-hybridized carbons (Fsp3) is 0.429. The second-order valence-electron chi connectivity index (χ2n) is 5.77. The van der Waals surface area contributed by atoms with Crippen LogP contribution in [0.3, 0.4) is 0 Å². The van der Waals surface area contributed by atoms with Crippen LogP contribution in [0.4, 0.5) is 17.6 Å². The van der Waals surface area contributed by atoms with Gasteiger partial charge in [-0.2, -0.15) is 0 Å². The van der Waals surface area contributed by atoms with E-state index in [1.54, 1.807) is 11.9 Å². The molecule has 8 heteroatoms. The third-order valence-electron chi connectivity index (χ3n) is 4.76. The number of carbonyl (C=O) groups excluding carboxylic acids is 1.